The van der Waals surface area contributed by atoms with Gasteiger partial charge in [-0.15, -0.1) is 22.7 Å². The molecule has 0 aliphatic carbocycles. The summed E-state index contributed by atoms with van der Waals surface area (Å²) in [6, 6.07) is 82.2. The number of thiophene rings is 2. The number of hydrogen-bond donors (Lipinski definition) is 0. The van der Waals surface area contributed by atoms with Crippen LogP contribution in [0.5, 0.6) is 0 Å². The molecule has 0 atom stereocenters. The molecule has 0 saturated heterocycles. The Hall–Kier alpha value is -7.30. The first-order valence-electron chi connectivity index (χ1n) is 20.7. The van der Waals surface area contributed by atoms with Gasteiger partial charge >= 0.3 is 0 Å². The number of benzene rings is 10. The SMILES string of the molecule is c1ccc(-c2cccc3c2sc2c(N(c4ccc(-c5ccc(-c6cccc7sc8ccccc8c67)cc5)cc4)c4ccc(-c5cccc6ccccc56)cc4)cccc23)cc1. The fourth-order valence-corrected chi connectivity index (χ4v) is 11.7. The molecule has 2 aromatic heterocycles. The zero-order valence-corrected chi connectivity index (χ0v) is 34.8. The van der Waals surface area contributed by atoms with Crippen LogP contribution < -0.4 is 4.90 Å². The summed E-state index contributed by atoms with van der Waals surface area (Å²) < 4.78 is 5.24. The molecule has 0 radical (unpaired) electrons. The molecule has 2 heterocycles. The van der Waals surface area contributed by atoms with E-state index in [2.05, 4.69) is 229 Å². The summed E-state index contributed by atoms with van der Waals surface area (Å²) in [4.78, 5) is 2.44. The summed E-state index contributed by atoms with van der Waals surface area (Å²) in [6.07, 6.45) is 0. The number of anilines is 3. The lowest BCUT2D eigenvalue weighted by atomic mass is 9.97. The van der Waals surface area contributed by atoms with Gasteiger partial charge in [-0.2, -0.15) is 0 Å². The van der Waals surface area contributed by atoms with Crippen LogP contribution in [0.4, 0.5) is 17.1 Å². The van der Waals surface area contributed by atoms with Crippen molar-refractivity contribution in [2.24, 2.45) is 0 Å². The van der Waals surface area contributed by atoms with Gasteiger partial charge in [0.15, 0.2) is 0 Å². The van der Waals surface area contributed by atoms with E-state index < -0.39 is 0 Å². The minimum atomic E-state index is 1.11. The van der Waals surface area contributed by atoms with Crippen LogP contribution in [0.3, 0.4) is 0 Å². The summed E-state index contributed by atoms with van der Waals surface area (Å²) in [5.74, 6) is 0. The monoisotopic (exact) mass is 811 g/mol. The van der Waals surface area contributed by atoms with Crippen LogP contribution in [0.2, 0.25) is 0 Å². The third kappa shape index (κ3) is 6.13. The fraction of sp³-hybridized carbons (Fsp3) is 0. The molecule has 12 rings (SSSR count). The van der Waals surface area contributed by atoms with Gasteiger partial charge in [-0.25, -0.2) is 0 Å². The van der Waals surface area contributed by atoms with Crippen LogP contribution in [0.15, 0.2) is 224 Å². The predicted octanol–water partition coefficient (Wildman–Crippen LogP) is 17.7. The van der Waals surface area contributed by atoms with Crippen molar-refractivity contribution in [3.8, 4) is 44.5 Å². The average Bonchev–Trinajstić information content (AvgIpc) is 3.92. The molecule has 0 fully saturated rings. The first-order valence-corrected chi connectivity index (χ1v) is 22.4. The van der Waals surface area contributed by atoms with Crippen molar-refractivity contribution in [3.63, 3.8) is 0 Å². The Morgan fingerprint density at radius 3 is 1.56 bits per heavy atom. The van der Waals surface area contributed by atoms with E-state index in [9.17, 15) is 0 Å². The Labute approximate surface area is 362 Å². The highest BCUT2D eigenvalue weighted by molar-refractivity contribution is 7.27. The van der Waals surface area contributed by atoms with Crippen LogP contribution in [0.25, 0.3) is 95.6 Å². The summed E-state index contributed by atoms with van der Waals surface area (Å²) in [6.45, 7) is 0. The van der Waals surface area contributed by atoms with Crippen LogP contribution in [0, 0.1) is 0 Å². The smallest absolute Gasteiger partial charge is 0.0640 e. The summed E-state index contributed by atoms with van der Waals surface area (Å²) >= 11 is 3.76. The van der Waals surface area contributed by atoms with Crippen LogP contribution in [-0.2, 0) is 0 Å². The quantitative estimate of drug-likeness (QED) is 0.155. The molecule has 0 aliphatic rings. The molecule has 0 aliphatic heterocycles. The number of hydrogen-bond acceptors (Lipinski definition) is 3. The Kier molecular flexibility index (Phi) is 8.62. The molecule has 0 amide bonds. The van der Waals surface area contributed by atoms with Crippen molar-refractivity contribution in [1.29, 1.82) is 0 Å². The van der Waals surface area contributed by atoms with E-state index in [1.54, 1.807) is 0 Å². The van der Waals surface area contributed by atoms with Gasteiger partial charge in [-0.05, 0) is 97.7 Å². The topological polar surface area (TPSA) is 3.24 Å². The van der Waals surface area contributed by atoms with Gasteiger partial charge in [0.1, 0.15) is 0 Å². The molecule has 0 unspecified atom stereocenters. The largest absolute Gasteiger partial charge is 0.309 e. The molecular formula is C58H37NS2. The van der Waals surface area contributed by atoms with Gasteiger partial charge in [-0.1, -0.05) is 182 Å². The second-order valence-electron chi connectivity index (χ2n) is 15.6. The van der Waals surface area contributed by atoms with E-state index in [1.165, 1.54) is 101 Å². The molecule has 0 saturated carbocycles. The number of nitrogens with zero attached hydrogens (tertiary/aromatic N) is 1. The second kappa shape index (κ2) is 14.8. The van der Waals surface area contributed by atoms with Gasteiger partial charge in [0.25, 0.3) is 0 Å². The normalized spacial score (nSPS) is 11.6. The predicted molar refractivity (Wildman–Crippen MR) is 266 cm³/mol. The maximum absolute atomic E-state index is 2.44. The van der Waals surface area contributed by atoms with Gasteiger partial charge in [0.2, 0.25) is 0 Å². The molecule has 3 heteroatoms. The highest BCUT2D eigenvalue weighted by Crippen LogP contribution is 2.48. The molecule has 10 aromatic carbocycles. The van der Waals surface area contributed by atoms with Crippen LogP contribution >= 0.6 is 22.7 Å². The molecule has 286 valence electrons. The summed E-state index contributed by atoms with van der Waals surface area (Å²) in [5, 5.41) is 7.75. The van der Waals surface area contributed by atoms with E-state index >= 15 is 0 Å². The molecule has 0 bridgehead atoms. The van der Waals surface area contributed by atoms with Gasteiger partial charge in [0, 0.05) is 47.0 Å². The van der Waals surface area contributed by atoms with Crippen molar-refractivity contribution in [2.75, 3.05) is 4.90 Å². The van der Waals surface area contributed by atoms with Gasteiger partial charge in [-0.3, -0.25) is 0 Å². The molecule has 0 spiro atoms. The Morgan fingerprint density at radius 1 is 0.279 bits per heavy atom. The first kappa shape index (κ1) is 35.6. The van der Waals surface area contributed by atoms with Crippen molar-refractivity contribution in [1.82, 2.24) is 0 Å². The lowest BCUT2D eigenvalue weighted by Crippen LogP contribution is -2.10. The first-order chi connectivity index (χ1) is 30.2. The van der Waals surface area contributed by atoms with Gasteiger partial charge < -0.3 is 4.90 Å². The minimum Gasteiger partial charge on any atom is -0.309 e. The molecule has 12 aromatic rings. The van der Waals surface area contributed by atoms with Crippen molar-refractivity contribution in [3.05, 3.63) is 224 Å². The van der Waals surface area contributed by atoms with E-state index in [-0.39, 0.29) is 0 Å². The third-order valence-corrected chi connectivity index (χ3v) is 14.5. The molecule has 1 nitrogen and oxygen atoms in total. The van der Waals surface area contributed by atoms with E-state index in [4.69, 9.17) is 0 Å². The van der Waals surface area contributed by atoms with Crippen LogP contribution in [0.1, 0.15) is 0 Å². The zero-order chi connectivity index (χ0) is 40.3. The highest BCUT2D eigenvalue weighted by atomic mass is 32.1. The molecule has 0 N–H and O–H groups in total. The lowest BCUT2D eigenvalue weighted by Gasteiger charge is -2.26. The Balaban J connectivity index is 0.958. The molecule has 61 heavy (non-hydrogen) atoms. The fourth-order valence-electron chi connectivity index (χ4n) is 9.18. The van der Waals surface area contributed by atoms with Gasteiger partial charge in [0.05, 0.1) is 10.4 Å². The number of fused-ring (bicyclic) bond motifs is 7. The standard InChI is InChI=1S/C58H37NS2/c1-2-12-41(13-3-1)49-20-9-21-50-51-22-10-23-53(58(51)61-57(49)50)59(45-36-32-42(33-37-45)47-18-8-15-40-14-4-5-16-46(40)47)44-34-30-39(31-35-44)38-26-28-43(29-27-38)48-19-11-25-55-56(48)52-17-6-7-24-54(52)60-55/h1-37H. The maximum atomic E-state index is 2.44. The van der Waals surface area contributed by atoms with Crippen molar-refractivity contribution >= 4 is 90.9 Å². The lowest BCUT2D eigenvalue weighted by molar-refractivity contribution is 1.30. The second-order valence-corrected chi connectivity index (χ2v) is 17.7. The van der Waals surface area contributed by atoms with Crippen molar-refractivity contribution < 1.29 is 0 Å². The van der Waals surface area contributed by atoms with E-state index in [0.29, 0.717) is 0 Å². The number of rotatable bonds is 7. The third-order valence-electron chi connectivity index (χ3n) is 12.1. The van der Waals surface area contributed by atoms with Crippen LogP contribution in [-0.4, -0.2) is 0 Å². The maximum Gasteiger partial charge on any atom is 0.0640 e. The summed E-state index contributed by atoms with van der Waals surface area (Å²) in [7, 11) is 0. The Bertz CT molecular complexity index is 3560. The van der Waals surface area contributed by atoms with E-state index in [0.717, 1.165) is 11.4 Å². The minimum absolute atomic E-state index is 1.11. The molecular weight excluding hydrogens is 775 g/mol. The van der Waals surface area contributed by atoms with Crippen molar-refractivity contribution in [2.45, 2.75) is 0 Å². The van der Waals surface area contributed by atoms with E-state index in [1.807, 2.05) is 22.7 Å². The highest BCUT2D eigenvalue weighted by Gasteiger charge is 2.20. The summed E-state index contributed by atoms with van der Waals surface area (Å²) in [5.41, 5.74) is 13.3. The zero-order valence-electron chi connectivity index (χ0n) is 33.1. The average molecular weight is 812 g/mol. The Morgan fingerprint density at radius 2 is 0.770 bits per heavy atom.